The molecule has 1 aromatic heterocycles. The second kappa shape index (κ2) is 7.43. The van der Waals surface area contributed by atoms with Gasteiger partial charge in [-0.15, -0.1) is 11.6 Å². The molecule has 0 radical (unpaired) electrons. The summed E-state index contributed by atoms with van der Waals surface area (Å²) in [6, 6.07) is 16.8. The van der Waals surface area contributed by atoms with Crippen molar-refractivity contribution in [3.63, 3.8) is 0 Å². The number of halogens is 1. The Balaban J connectivity index is 1.87. The van der Waals surface area contributed by atoms with Gasteiger partial charge < -0.3 is 14.7 Å². The summed E-state index contributed by atoms with van der Waals surface area (Å²) >= 11 is 6.65. The molecule has 0 saturated heterocycles. The highest BCUT2D eigenvalue weighted by Crippen LogP contribution is 2.49. The molecule has 1 aliphatic rings. The lowest BCUT2D eigenvalue weighted by molar-refractivity contribution is -0.0438. The van der Waals surface area contributed by atoms with Gasteiger partial charge in [-0.3, -0.25) is 0 Å². The van der Waals surface area contributed by atoms with Gasteiger partial charge in [0.25, 0.3) is 0 Å². The van der Waals surface area contributed by atoms with E-state index in [1.165, 1.54) is 0 Å². The predicted molar refractivity (Wildman–Crippen MR) is 115 cm³/mol. The molecule has 2 unspecified atom stereocenters. The van der Waals surface area contributed by atoms with Gasteiger partial charge in [0.1, 0.15) is 23.7 Å². The highest BCUT2D eigenvalue weighted by molar-refractivity contribution is 6.21. The second-order valence-corrected chi connectivity index (χ2v) is 7.97. The first kappa shape index (κ1) is 19.3. The minimum atomic E-state index is -0.858. The summed E-state index contributed by atoms with van der Waals surface area (Å²) in [5.74, 6) is 1.11. The lowest BCUT2D eigenvalue weighted by Crippen LogP contribution is -2.47. The molecule has 0 amide bonds. The first-order valence-electron chi connectivity index (χ1n) is 9.31. The van der Waals surface area contributed by atoms with Crippen molar-refractivity contribution in [1.82, 2.24) is 9.97 Å². The van der Waals surface area contributed by atoms with Crippen molar-refractivity contribution >= 4 is 28.9 Å². The largest absolute Gasteiger partial charge is 0.493 e. The number of aromatic nitrogens is 2. The maximum Gasteiger partial charge on any atom is 0.493 e. The number of anilines is 2. The van der Waals surface area contributed by atoms with Crippen molar-refractivity contribution in [2.75, 3.05) is 11.9 Å². The molecule has 1 aliphatic heterocycles. The average Bonchev–Trinajstić information content (AvgIpc) is 3.24. The molecule has 0 aliphatic carbocycles. The van der Waals surface area contributed by atoms with Crippen LogP contribution >= 0.6 is 11.6 Å². The van der Waals surface area contributed by atoms with Gasteiger partial charge >= 0.3 is 5.95 Å². The fourth-order valence-corrected chi connectivity index (χ4v) is 3.80. The second-order valence-electron chi connectivity index (χ2n) is 7.50. The Kier molecular flexibility index (Phi) is 4.95. The highest BCUT2D eigenvalue weighted by atomic mass is 35.5. The number of nitrogens with zero attached hydrogens (tertiary/aromatic N) is 3. The summed E-state index contributed by atoms with van der Waals surface area (Å²) < 4.78 is 6.23. The van der Waals surface area contributed by atoms with E-state index in [4.69, 9.17) is 16.3 Å². The molecule has 2 N–H and O–H groups in total. The fourth-order valence-electron chi connectivity index (χ4n) is 3.34. The summed E-state index contributed by atoms with van der Waals surface area (Å²) in [6.07, 6.45) is 2.47. The highest BCUT2D eigenvalue weighted by Gasteiger charge is 2.43. The predicted octanol–water partition coefficient (Wildman–Crippen LogP) is 5.00. The Morgan fingerprint density at radius 2 is 2.03 bits per heavy atom. The van der Waals surface area contributed by atoms with Gasteiger partial charge in [0.15, 0.2) is 6.07 Å². The molecule has 4 rings (SSSR count). The maximum absolute atomic E-state index is 10.6. The summed E-state index contributed by atoms with van der Waals surface area (Å²) in [5, 5.41) is 10.0. The van der Waals surface area contributed by atoms with Crippen molar-refractivity contribution < 1.29 is 9.84 Å². The summed E-state index contributed by atoms with van der Waals surface area (Å²) in [6.45, 7) is 3.67. The van der Waals surface area contributed by atoms with Crippen molar-refractivity contribution in [2.24, 2.45) is 0 Å². The van der Waals surface area contributed by atoms with E-state index in [1.54, 1.807) is 12.4 Å². The van der Waals surface area contributed by atoms with E-state index in [2.05, 4.69) is 20.9 Å². The maximum atomic E-state index is 10.6. The number of hydrogen-bond acceptors (Lipinski definition) is 4. The van der Waals surface area contributed by atoms with E-state index in [1.807, 2.05) is 68.3 Å². The Hall–Kier alpha value is -3.01. The van der Waals surface area contributed by atoms with Gasteiger partial charge in [0, 0.05) is 18.3 Å². The Morgan fingerprint density at radius 1 is 1.28 bits per heavy atom. The lowest BCUT2D eigenvalue weighted by atomic mass is 9.89. The number of imidazole rings is 1. The molecular weight excluding hydrogens is 388 g/mol. The van der Waals surface area contributed by atoms with Crippen molar-refractivity contribution in [1.29, 1.82) is 0 Å². The first-order valence-corrected chi connectivity index (χ1v) is 9.74. The van der Waals surface area contributed by atoms with Crippen LogP contribution in [0.1, 0.15) is 30.4 Å². The third-order valence-corrected chi connectivity index (χ3v) is 5.50. The minimum absolute atomic E-state index is 0.459. The number of alkyl halides is 1. The van der Waals surface area contributed by atoms with Gasteiger partial charge in [-0.1, -0.05) is 23.2 Å². The van der Waals surface area contributed by atoms with Gasteiger partial charge in [-0.25, -0.2) is 4.98 Å². The van der Waals surface area contributed by atoms with Crippen LogP contribution in [0.3, 0.4) is 0 Å². The van der Waals surface area contributed by atoms with Gasteiger partial charge in [0.05, 0.1) is 22.8 Å². The lowest BCUT2D eigenvalue weighted by Gasteiger charge is -2.41. The van der Waals surface area contributed by atoms with E-state index < -0.39 is 17.1 Å². The molecule has 0 bridgehead atoms. The molecule has 2 atom stereocenters. The summed E-state index contributed by atoms with van der Waals surface area (Å²) in [4.78, 5) is 13.3. The summed E-state index contributed by atoms with van der Waals surface area (Å²) in [7, 11) is 1.96. The smallest absolute Gasteiger partial charge is 0.483 e. The number of ether oxygens (including phenoxy) is 1. The Morgan fingerprint density at radius 3 is 2.72 bits per heavy atom. The zero-order valence-corrected chi connectivity index (χ0v) is 17.2. The Bertz CT molecular complexity index is 1070. The average molecular weight is 410 g/mol. The molecule has 148 valence electrons. The quantitative estimate of drug-likeness (QED) is 0.584. The monoisotopic (exact) mass is 409 g/mol. The third kappa shape index (κ3) is 3.67. The minimum Gasteiger partial charge on any atom is -0.483 e. The van der Waals surface area contributed by atoms with E-state index in [9.17, 15) is 5.11 Å². The van der Waals surface area contributed by atoms with Crippen LogP contribution in [0.25, 0.3) is 4.85 Å². The number of aliphatic hydroxyl groups excluding tert-OH is 1. The fraction of sp³-hybridized carbons (Fsp3) is 0.273. The number of para-hydroxylation sites is 1. The van der Waals surface area contributed by atoms with Crippen LogP contribution in [-0.2, 0) is 0 Å². The van der Waals surface area contributed by atoms with Crippen LogP contribution in [0.4, 0.5) is 17.3 Å². The standard InChI is InChI=1S/C22H22ClN4O2/c1-22(2)20(28)18(23)16-11-14(13-26-21-24-9-10-25-21)12-17(19(16)29-22)27(3)15-7-5-4-6-8-15/h4-12,18,20,28H,1-3H3,(H,24,25)/q+1. The van der Waals surface area contributed by atoms with Crippen LogP contribution in [0, 0.1) is 6.07 Å². The molecule has 2 heterocycles. The zero-order chi connectivity index (χ0) is 20.6. The normalized spacial score (nSPS) is 19.5. The van der Waals surface area contributed by atoms with Crippen LogP contribution in [-0.4, -0.2) is 33.8 Å². The van der Waals surface area contributed by atoms with Gasteiger partial charge in [0.2, 0.25) is 0 Å². The number of benzene rings is 2. The zero-order valence-electron chi connectivity index (χ0n) is 16.4. The van der Waals surface area contributed by atoms with Crippen molar-refractivity contribution in [2.45, 2.75) is 30.9 Å². The topological polar surface area (TPSA) is 65.7 Å². The third-order valence-electron chi connectivity index (χ3n) is 5.03. The van der Waals surface area contributed by atoms with Crippen molar-refractivity contribution in [3.8, 4) is 11.8 Å². The number of aromatic amines is 1. The molecule has 0 fully saturated rings. The molecule has 0 spiro atoms. The van der Waals surface area contributed by atoms with Crippen LogP contribution < -0.4 is 9.64 Å². The number of hydrogen-bond donors (Lipinski definition) is 2. The first-order chi connectivity index (χ1) is 13.9. The number of nitrogens with one attached hydrogen (secondary N) is 1. The van der Waals surface area contributed by atoms with E-state index >= 15 is 0 Å². The molecule has 3 aromatic rings. The molecule has 7 heteroatoms. The molecule has 2 aromatic carbocycles. The van der Waals surface area contributed by atoms with Gasteiger partial charge in [-0.2, -0.15) is 4.85 Å². The molecule has 29 heavy (non-hydrogen) atoms. The van der Waals surface area contributed by atoms with Gasteiger partial charge in [-0.05, 0) is 38.1 Å². The molecule has 0 saturated carbocycles. The molecule has 6 nitrogen and oxygen atoms in total. The van der Waals surface area contributed by atoms with E-state index in [-0.39, 0.29) is 0 Å². The van der Waals surface area contributed by atoms with Crippen LogP contribution in [0.2, 0.25) is 0 Å². The van der Waals surface area contributed by atoms with E-state index in [0.717, 1.165) is 11.4 Å². The van der Waals surface area contributed by atoms with Crippen LogP contribution in [0.15, 0.2) is 54.9 Å². The van der Waals surface area contributed by atoms with Crippen molar-refractivity contribution in [3.05, 3.63) is 70.8 Å². The summed E-state index contributed by atoms with van der Waals surface area (Å²) in [5.41, 5.74) is 2.40. The number of rotatable bonds is 2. The number of H-pyrrole nitrogens is 1. The van der Waals surface area contributed by atoms with Crippen LogP contribution in [0.5, 0.6) is 5.75 Å². The number of aliphatic hydroxyl groups is 1. The molecular formula is C22H22ClN4O2+. The Labute approximate surface area is 174 Å². The number of fused-ring (bicyclic) bond motifs is 1. The van der Waals surface area contributed by atoms with E-state index in [0.29, 0.717) is 22.8 Å². The SMILES string of the molecule is CN(c1ccccc1)c1cc(C#[N+]c2ncc[nH]2)cc2c1OC(C)(C)C(O)C2Cl.